The minimum atomic E-state index is -0.435. The maximum absolute atomic E-state index is 12.2. The number of nitrogens with one attached hydrogen (secondary N) is 1. The van der Waals surface area contributed by atoms with Gasteiger partial charge in [-0.25, -0.2) is 0 Å². The van der Waals surface area contributed by atoms with Gasteiger partial charge in [0, 0.05) is 22.4 Å². The van der Waals surface area contributed by atoms with Gasteiger partial charge in [0.15, 0.2) is 0 Å². The first kappa shape index (κ1) is 18.8. The average molecular weight is 338 g/mol. The second-order valence-corrected chi connectivity index (χ2v) is 8.60. The van der Waals surface area contributed by atoms with Crippen LogP contribution >= 0.6 is 0 Å². The van der Waals surface area contributed by atoms with E-state index in [0.29, 0.717) is 16.8 Å². The van der Waals surface area contributed by atoms with Crippen LogP contribution in [0.3, 0.4) is 0 Å². The third kappa shape index (κ3) is 3.61. The Morgan fingerprint density at radius 3 is 2.08 bits per heavy atom. The molecule has 0 spiro atoms. The summed E-state index contributed by atoms with van der Waals surface area (Å²) in [6.45, 7) is 14.2. The molecular formula is C21H26N2O2. The zero-order chi connectivity index (χ0) is 19.2. The molecule has 0 fully saturated rings. The molecule has 2 N–H and O–H groups in total. The summed E-state index contributed by atoms with van der Waals surface area (Å²) in [6.07, 6.45) is 0. The third-order valence-corrected chi connectivity index (χ3v) is 4.35. The number of pyridine rings is 1. The number of phenols is 1. The first-order valence-corrected chi connectivity index (χ1v) is 8.38. The fraction of sp³-hybridized carbons (Fsp3) is 0.429. The molecule has 1 aromatic heterocycles. The van der Waals surface area contributed by atoms with Crippen LogP contribution in [0.25, 0.3) is 11.1 Å². The highest BCUT2D eigenvalue weighted by atomic mass is 16.3. The van der Waals surface area contributed by atoms with Gasteiger partial charge in [-0.15, -0.1) is 0 Å². The number of hydrogen-bond acceptors (Lipinski definition) is 3. The van der Waals surface area contributed by atoms with Gasteiger partial charge in [0.2, 0.25) is 0 Å². The fourth-order valence-electron chi connectivity index (χ4n) is 2.86. The van der Waals surface area contributed by atoms with E-state index in [-0.39, 0.29) is 22.1 Å². The number of benzene rings is 1. The highest BCUT2D eigenvalue weighted by molar-refractivity contribution is 5.78. The maximum Gasteiger partial charge on any atom is 0.266 e. The Kier molecular flexibility index (Phi) is 4.57. The van der Waals surface area contributed by atoms with E-state index in [1.165, 1.54) is 0 Å². The summed E-state index contributed by atoms with van der Waals surface area (Å²) in [5, 5.41) is 20.4. The van der Waals surface area contributed by atoms with E-state index in [1.54, 1.807) is 13.0 Å². The van der Waals surface area contributed by atoms with Gasteiger partial charge in [-0.05, 0) is 35.4 Å². The van der Waals surface area contributed by atoms with Gasteiger partial charge in [0.05, 0.1) is 0 Å². The van der Waals surface area contributed by atoms with Gasteiger partial charge >= 0.3 is 0 Å². The van der Waals surface area contributed by atoms with E-state index >= 15 is 0 Å². The van der Waals surface area contributed by atoms with Gasteiger partial charge in [-0.1, -0.05) is 47.6 Å². The number of aryl methyl sites for hydroxylation is 1. The number of nitriles is 1. The molecule has 0 saturated carbocycles. The standard InChI is InChI=1S/C21H26N2O2/c1-12-8-14(16(11-22)19(25)23-12)15-9-13(20(2,3)4)10-17(18(15)24)21(5,6)7/h8-10,24H,1-7H3,(H,23,25). The maximum atomic E-state index is 12.2. The highest BCUT2D eigenvalue weighted by Gasteiger charge is 2.26. The quantitative estimate of drug-likeness (QED) is 0.802. The van der Waals surface area contributed by atoms with Gasteiger partial charge in [-0.3, -0.25) is 4.79 Å². The lowest BCUT2D eigenvalue weighted by Gasteiger charge is -2.27. The number of hydrogen-bond donors (Lipinski definition) is 2. The van der Waals surface area contributed by atoms with E-state index in [1.807, 2.05) is 39.0 Å². The van der Waals surface area contributed by atoms with Crippen LogP contribution in [0.2, 0.25) is 0 Å². The summed E-state index contributed by atoms with van der Waals surface area (Å²) in [4.78, 5) is 14.8. The van der Waals surface area contributed by atoms with Gasteiger partial charge in [0.25, 0.3) is 5.56 Å². The third-order valence-electron chi connectivity index (χ3n) is 4.35. The Hall–Kier alpha value is -2.54. The predicted molar refractivity (Wildman–Crippen MR) is 101 cm³/mol. The zero-order valence-corrected chi connectivity index (χ0v) is 16.0. The van der Waals surface area contributed by atoms with E-state index in [4.69, 9.17) is 0 Å². The van der Waals surface area contributed by atoms with Crippen LogP contribution in [0.1, 0.15) is 63.9 Å². The molecule has 0 radical (unpaired) electrons. The molecule has 0 unspecified atom stereocenters. The van der Waals surface area contributed by atoms with Crippen LogP contribution in [0.5, 0.6) is 5.75 Å². The van der Waals surface area contributed by atoms with Crippen LogP contribution in [0, 0.1) is 18.3 Å². The molecular weight excluding hydrogens is 312 g/mol. The molecule has 0 atom stereocenters. The molecule has 0 amide bonds. The van der Waals surface area contributed by atoms with Gasteiger partial charge in [0.1, 0.15) is 17.4 Å². The summed E-state index contributed by atoms with van der Waals surface area (Å²) in [5.74, 6) is 0.127. The van der Waals surface area contributed by atoms with Crippen molar-refractivity contribution in [3.63, 3.8) is 0 Å². The molecule has 0 aliphatic rings. The van der Waals surface area contributed by atoms with Crippen molar-refractivity contribution in [1.29, 1.82) is 5.26 Å². The first-order chi connectivity index (χ1) is 11.4. The number of aromatic nitrogens is 1. The smallest absolute Gasteiger partial charge is 0.266 e. The molecule has 1 aromatic carbocycles. The Bertz CT molecular complexity index is 917. The molecule has 25 heavy (non-hydrogen) atoms. The second kappa shape index (κ2) is 6.07. The first-order valence-electron chi connectivity index (χ1n) is 8.38. The van der Waals surface area contributed by atoms with Crippen molar-refractivity contribution in [3.8, 4) is 22.9 Å². The van der Waals surface area contributed by atoms with E-state index in [2.05, 4.69) is 25.8 Å². The highest BCUT2D eigenvalue weighted by Crippen LogP contribution is 2.42. The predicted octanol–water partition coefficient (Wildman–Crippen LogP) is 4.52. The number of aromatic amines is 1. The summed E-state index contributed by atoms with van der Waals surface area (Å²) in [5.41, 5.74) is 2.68. The lowest BCUT2D eigenvalue weighted by atomic mass is 9.78. The van der Waals surface area contributed by atoms with Crippen molar-refractivity contribution < 1.29 is 5.11 Å². The summed E-state index contributed by atoms with van der Waals surface area (Å²) < 4.78 is 0. The molecule has 2 rings (SSSR count). The molecule has 0 saturated heterocycles. The van der Waals surface area contributed by atoms with Crippen LogP contribution in [-0.2, 0) is 10.8 Å². The Morgan fingerprint density at radius 1 is 1.00 bits per heavy atom. The number of aromatic hydroxyl groups is 1. The average Bonchev–Trinajstić information content (AvgIpc) is 2.44. The Morgan fingerprint density at radius 2 is 1.60 bits per heavy atom. The SMILES string of the molecule is Cc1cc(-c2cc(C(C)(C)C)cc(C(C)(C)C)c2O)c(C#N)c(=O)[nH]1. The molecule has 4 heteroatoms. The van der Waals surface area contributed by atoms with E-state index < -0.39 is 5.56 Å². The summed E-state index contributed by atoms with van der Waals surface area (Å²) in [7, 11) is 0. The number of phenolic OH excluding ortho intramolecular Hbond substituents is 1. The monoisotopic (exact) mass is 338 g/mol. The zero-order valence-electron chi connectivity index (χ0n) is 16.0. The van der Waals surface area contributed by atoms with Crippen molar-refractivity contribution in [2.75, 3.05) is 0 Å². The van der Waals surface area contributed by atoms with E-state index in [0.717, 1.165) is 11.1 Å². The molecule has 0 aliphatic carbocycles. The summed E-state index contributed by atoms with van der Waals surface area (Å²) >= 11 is 0. The molecule has 4 nitrogen and oxygen atoms in total. The van der Waals surface area contributed by atoms with Crippen molar-refractivity contribution in [1.82, 2.24) is 4.98 Å². The van der Waals surface area contributed by atoms with Crippen LogP contribution in [0.4, 0.5) is 0 Å². The van der Waals surface area contributed by atoms with Crippen molar-refractivity contribution in [3.05, 3.63) is 50.9 Å². The van der Waals surface area contributed by atoms with Crippen molar-refractivity contribution in [2.45, 2.75) is 59.3 Å². The molecule has 132 valence electrons. The molecule has 1 heterocycles. The molecule has 0 aliphatic heterocycles. The van der Waals surface area contributed by atoms with E-state index in [9.17, 15) is 15.2 Å². The Balaban J connectivity index is 2.97. The van der Waals surface area contributed by atoms with Crippen molar-refractivity contribution >= 4 is 0 Å². The lowest BCUT2D eigenvalue weighted by Crippen LogP contribution is -2.18. The number of rotatable bonds is 1. The summed E-state index contributed by atoms with van der Waals surface area (Å²) in [6, 6.07) is 7.63. The lowest BCUT2D eigenvalue weighted by molar-refractivity contribution is 0.446. The number of H-pyrrole nitrogens is 1. The van der Waals surface area contributed by atoms with Crippen LogP contribution in [0.15, 0.2) is 23.0 Å². The fourth-order valence-corrected chi connectivity index (χ4v) is 2.86. The van der Waals surface area contributed by atoms with Gasteiger partial charge < -0.3 is 10.1 Å². The topological polar surface area (TPSA) is 76.9 Å². The minimum Gasteiger partial charge on any atom is -0.507 e. The molecule has 0 bridgehead atoms. The van der Waals surface area contributed by atoms with Gasteiger partial charge in [-0.2, -0.15) is 5.26 Å². The minimum absolute atomic E-state index is 0.0202. The Labute approximate surface area is 149 Å². The number of nitrogens with zero attached hydrogens (tertiary/aromatic N) is 1. The van der Waals surface area contributed by atoms with Crippen LogP contribution < -0.4 is 5.56 Å². The van der Waals surface area contributed by atoms with Crippen LogP contribution in [-0.4, -0.2) is 10.1 Å². The molecule has 2 aromatic rings. The largest absolute Gasteiger partial charge is 0.507 e. The normalized spacial score (nSPS) is 12.1. The van der Waals surface area contributed by atoms with Crippen molar-refractivity contribution in [2.24, 2.45) is 0 Å². The second-order valence-electron chi connectivity index (χ2n) is 8.60.